The number of carbonyl (C=O) groups is 2. The molecule has 1 atom stereocenters. The van der Waals surface area contributed by atoms with Gasteiger partial charge in [-0.3, -0.25) is 9.59 Å². The largest absolute Gasteiger partial charge is 0.483 e. The van der Waals surface area contributed by atoms with Crippen molar-refractivity contribution in [3.05, 3.63) is 99.2 Å². The Labute approximate surface area is 230 Å². The predicted octanol–water partition coefficient (Wildman–Crippen LogP) is 6.32. The highest BCUT2D eigenvalue weighted by Gasteiger charge is 2.32. The monoisotopic (exact) mass is 586 g/mol. The van der Waals surface area contributed by atoms with Crippen LogP contribution in [0.1, 0.15) is 36.8 Å². The third-order valence-electron chi connectivity index (χ3n) is 6.48. The van der Waals surface area contributed by atoms with Crippen LogP contribution in [0.15, 0.2) is 77.3 Å². The lowest BCUT2D eigenvalue weighted by Gasteiger charge is -2.32. The maximum absolute atomic E-state index is 13.6. The molecule has 0 aliphatic heterocycles. The van der Waals surface area contributed by atoms with Crippen LogP contribution in [-0.2, 0) is 22.6 Å². The van der Waals surface area contributed by atoms with Gasteiger partial charge in [0.25, 0.3) is 5.91 Å². The van der Waals surface area contributed by atoms with Gasteiger partial charge < -0.3 is 15.0 Å². The fraction of sp³-hybridized carbons (Fsp3) is 0.310. The summed E-state index contributed by atoms with van der Waals surface area (Å²) in [4.78, 5) is 28.8. The second kappa shape index (κ2) is 13.1. The summed E-state index contributed by atoms with van der Waals surface area (Å²) < 4.78 is 20.0. The molecule has 0 bridgehead atoms. The zero-order valence-corrected chi connectivity index (χ0v) is 22.7. The molecular formula is C29H29BrClFN2O3. The maximum Gasteiger partial charge on any atom is 0.261 e. The van der Waals surface area contributed by atoms with E-state index in [-0.39, 0.29) is 36.8 Å². The highest BCUT2D eigenvalue weighted by atomic mass is 79.9. The van der Waals surface area contributed by atoms with E-state index in [1.807, 2.05) is 30.3 Å². The van der Waals surface area contributed by atoms with Crippen LogP contribution in [0.2, 0.25) is 5.02 Å². The first-order chi connectivity index (χ1) is 17.9. The fourth-order valence-electron chi connectivity index (χ4n) is 4.52. The molecule has 0 radical (unpaired) electrons. The summed E-state index contributed by atoms with van der Waals surface area (Å²) >= 11 is 9.43. The van der Waals surface area contributed by atoms with E-state index in [2.05, 4.69) is 21.2 Å². The third kappa shape index (κ3) is 7.79. The third-order valence-corrected chi connectivity index (χ3v) is 7.34. The molecule has 0 heterocycles. The number of hydrogen-bond donors (Lipinski definition) is 1. The molecule has 8 heteroatoms. The molecule has 1 fully saturated rings. The van der Waals surface area contributed by atoms with E-state index in [1.54, 1.807) is 30.3 Å². The minimum Gasteiger partial charge on any atom is -0.483 e. The first-order valence-corrected chi connectivity index (χ1v) is 13.5. The van der Waals surface area contributed by atoms with Gasteiger partial charge >= 0.3 is 0 Å². The van der Waals surface area contributed by atoms with Crippen molar-refractivity contribution in [2.75, 3.05) is 6.61 Å². The smallest absolute Gasteiger partial charge is 0.261 e. The standard InChI is InChI=1S/C29H29BrClFN2O3/c30-25-17-22(31)12-15-27(25)37-19-28(35)34(18-21-10-13-23(32)14-11-21)26(16-20-6-2-1-3-7-20)29(36)33-24-8-4-5-9-24/h1-3,6-7,10-15,17,24,26H,4-5,8-9,16,18-19H2,(H,33,36)/t26-/m1/s1. The maximum atomic E-state index is 13.6. The summed E-state index contributed by atoms with van der Waals surface area (Å²) in [6.45, 7) is -0.136. The van der Waals surface area contributed by atoms with Gasteiger partial charge in [0.2, 0.25) is 5.91 Å². The minimum absolute atomic E-state index is 0.106. The normalized spacial score (nSPS) is 14.2. The van der Waals surface area contributed by atoms with Crippen molar-refractivity contribution in [3.8, 4) is 5.75 Å². The number of amides is 2. The Morgan fingerprint density at radius 2 is 1.73 bits per heavy atom. The summed E-state index contributed by atoms with van der Waals surface area (Å²) in [6.07, 6.45) is 4.37. The molecule has 3 aromatic rings. The van der Waals surface area contributed by atoms with Crippen molar-refractivity contribution in [2.24, 2.45) is 0 Å². The highest BCUT2D eigenvalue weighted by molar-refractivity contribution is 9.10. The molecule has 4 rings (SSSR count). The van der Waals surface area contributed by atoms with Gasteiger partial charge in [0.15, 0.2) is 6.61 Å². The molecule has 1 N–H and O–H groups in total. The summed E-state index contributed by atoms with van der Waals surface area (Å²) in [5.74, 6) is -0.445. The molecule has 3 aromatic carbocycles. The second-order valence-electron chi connectivity index (χ2n) is 9.21. The molecule has 1 saturated carbocycles. The average Bonchev–Trinajstić information content (AvgIpc) is 3.40. The molecule has 0 unspecified atom stereocenters. The zero-order valence-electron chi connectivity index (χ0n) is 20.3. The lowest BCUT2D eigenvalue weighted by Crippen LogP contribution is -2.53. The van der Waals surface area contributed by atoms with Crippen molar-refractivity contribution in [3.63, 3.8) is 0 Å². The van der Waals surface area contributed by atoms with Crippen molar-refractivity contribution in [1.29, 1.82) is 0 Å². The van der Waals surface area contributed by atoms with E-state index in [0.29, 0.717) is 27.2 Å². The molecule has 2 amide bonds. The average molecular weight is 588 g/mol. The first-order valence-electron chi connectivity index (χ1n) is 12.3. The van der Waals surface area contributed by atoms with E-state index in [1.165, 1.54) is 17.0 Å². The second-order valence-corrected chi connectivity index (χ2v) is 10.5. The van der Waals surface area contributed by atoms with Gasteiger partial charge in [0.1, 0.15) is 17.6 Å². The topological polar surface area (TPSA) is 58.6 Å². The Morgan fingerprint density at radius 1 is 1.03 bits per heavy atom. The Hall–Kier alpha value is -2.90. The number of benzene rings is 3. The summed E-state index contributed by atoms with van der Waals surface area (Å²) in [7, 11) is 0. The molecule has 0 saturated heterocycles. The number of carbonyl (C=O) groups excluding carboxylic acids is 2. The Bertz CT molecular complexity index is 1200. The van der Waals surface area contributed by atoms with Crippen LogP contribution in [0.3, 0.4) is 0 Å². The molecule has 0 aromatic heterocycles. The van der Waals surface area contributed by atoms with Crippen LogP contribution in [0.25, 0.3) is 0 Å². The van der Waals surface area contributed by atoms with Gasteiger partial charge in [-0.2, -0.15) is 0 Å². The van der Waals surface area contributed by atoms with Crippen LogP contribution >= 0.6 is 27.5 Å². The van der Waals surface area contributed by atoms with Crippen molar-refractivity contribution in [2.45, 2.75) is 50.7 Å². The summed E-state index contributed by atoms with van der Waals surface area (Å²) in [5.41, 5.74) is 1.65. The zero-order chi connectivity index (χ0) is 26.2. The van der Waals surface area contributed by atoms with Gasteiger partial charge in [0.05, 0.1) is 4.47 Å². The van der Waals surface area contributed by atoms with E-state index in [4.69, 9.17) is 16.3 Å². The highest BCUT2D eigenvalue weighted by Crippen LogP contribution is 2.28. The molecule has 1 aliphatic carbocycles. The van der Waals surface area contributed by atoms with Gasteiger partial charge in [-0.1, -0.05) is 66.9 Å². The SMILES string of the molecule is O=C(NC1CCCC1)[C@@H](Cc1ccccc1)N(Cc1ccc(F)cc1)C(=O)COc1ccc(Cl)cc1Br. The Kier molecular flexibility index (Phi) is 9.58. The van der Waals surface area contributed by atoms with Gasteiger partial charge in [0, 0.05) is 24.0 Å². The van der Waals surface area contributed by atoms with E-state index in [0.717, 1.165) is 31.2 Å². The van der Waals surface area contributed by atoms with Crippen molar-refractivity contribution >= 4 is 39.3 Å². The van der Waals surface area contributed by atoms with Gasteiger partial charge in [-0.05, 0) is 70.2 Å². The van der Waals surface area contributed by atoms with Crippen LogP contribution in [0, 0.1) is 5.82 Å². The number of hydrogen-bond acceptors (Lipinski definition) is 3. The van der Waals surface area contributed by atoms with Gasteiger partial charge in [-0.15, -0.1) is 0 Å². The quantitative estimate of drug-likeness (QED) is 0.302. The number of halogens is 3. The van der Waals surface area contributed by atoms with E-state index < -0.39 is 6.04 Å². The molecule has 194 valence electrons. The van der Waals surface area contributed by atoms with Crippen LogP contribution in [0.4, 0.5) is 4.39 Å². The molecule has 1 aliphatic rings. The van der Waals surface area contributed by atoms with E-state index >= 15 is 0 Å². The molecule has 0 spiro atoms. The summed E-state index contributed by atoms with van der Waals surface area (Å²) in [6, 6.07) is 20.0. The predicted molar refractivity (Wildman–Crippen MR) is 146 cm³/mol. The number of nitrogens with one attached hydrogen (secondary N) is 1. The number of nitrogens with zero attached hydrogens (tertiary/aromatic N) is 1. The number of ether oxygens (including phenoxy) is 1. The lowest BCUT2D eigenvalue weighted by molar-refractivity contribution is -0.143. The molecule has 5 nitrogen and oxygen atoms in total. The van der Waals surface area contributed by atoms with Crippen LogP contribution in [0.5, 0.6) is 5.75 Å². The first kappa shape index (κ1) is 27.1. The van der Waals surface area contributed by atoms with E-state index in [9.17, 15) is 14.0 Å². The Morgan fingerprint density at radius 3 is 2.41 bits per heavy atom. The van der Waals surface area contributed by atoms with Crippen LogP contribution < -0.4 is 10.1 Å². The Balaban J connectivity index is 1.61. The minimum atomic E-state index is -0.766. The lowest BCUT2D eigenvalue weighted by atomic mass is 10.0. The fourth-order valence-corrected chi connectivity index (χ4v) is 5.32. The van der Waals surface area contributed by atoms with Crippen molar-refractivity contribution < 1.29 is 18.7 Å². The summed E-state index contributed by atoms with van der Waals surface area (Å²) in [5, 5.41) is 3.70. The van der Waals surface area contributed by atoms with Crippen molar-refractivity contribution in [1.82, 2.24) is 10.2 Å². The molecule has 37 heavy (non-hydrogen) atoms. The molecular weight excluding hydrogens is 559 g/mol. The van der Waals surface area contributed by atoms with Crippen LogP contribution in [-0.4, -0.2) is 35.4 Å². The number of rotatable bonds is 10. The van der Waals surface area contributed by atoms with Gasteiger partial charge in [-0.25, -0.2) is 4.39 Å².